The molecule has 0 aliphatic carbocycles. The van der Waals surface area contributed by atoms with Gasteiger partial charge in [-0.1, -0.05) is 6.07 Å². The van der Waals surface area contributed by atoms with Crippen LogP contribution in [0.15, 0.2) is 42.5 Å². The summed E-state index contributed by atoms with van der Waals surface area (Å²) in [5.41, 5.74) is 1.39. The fraction of sp³-hybridized carbons (Fsp3) is 0.211. The molecule has 7 nitrogen and oxygen atoms in total. The van der Waals surface area contributed by atoms with E-state index >= 15 is 0 Å². The van der Waals surface area contributed by atoms with Crippen molar-refractivity contribution in [3.8, 4) is 5.75 Å². The Morgan fingerprint density at radius 1 is 1.00 bits per heavy atom. The largest absolute Gasteiger partial charge is 0.465 e. The van der Waals surface area contributed by atoms with Crippen LogP contribution in [0.2, 0.25) is 0 Å². The minimum Gasteiger partial charge on any atom is -0.465 e. The van der Waals surface area contributed by atoms with E-state index in [4.69, 9.17) is 4.74 Å². The fourth-order valence-electron chi connectivity index (χ4n) is 2.17. The zero-order valence-electron chi connectivity index (χ0n) is 15.0. The molecule has 2 rings (SSSR count). The molecular formula is C19H17F2NO6. The number of hydrogen-bond acceptors (Lipinski definition) is 6. The van der Waals surface area contributed by atoms with E-state index in [0.717, 1.165) is 0 Å². The highest BCUT2D eigenvalue weighted by molar-refractivity contribution is 5.97. The summed E-state index contributed by atoms with van der Waals surface area (Å²) in [6, 6.07) is 9.48. The second-order valence-corrected chi connectivity index (χ2v) is 5.55. The van der Waals surface area contributed by atoms with Crippen molar-refractivity contribution in [3.63, 3.8) is 0 Å². The number of carbonyl (C=O) groups excluding carboxylic acids is 3. The smallest absolute Gasteiger partial charge is 0.387 e. The topological polar surface area (TPSA) is 90.9 Å². The van der Waals surface area contributed by atoms with Crippen molar-refractivity contribution in [3.05, 3.63) is 59.2 Å². The summed E-state index contributed by atoms with van der Waals surface area (Å²) in [7, 11) is 1.24. The molecule has 0 unspecified atom stereocenters. The lowest BCUT2D eigenvalue weighted by Crippen LogP contribution is -2.21. The molecule has 1 N–H and O–H groups in total. The van der Waals surface area contributed by atoms with Gasteiger partial charge in [0.2, 0.25) is 0 Å². The van der Waals surface area contributed by atoms with E-state index in [1.165, 1.54) is 37.4 Å². The first-order chi connectivity index (χ1) is 13.3. The standard InChI is InChI=1S/C19H17F2NO6/c1-11-3-4-13(17(24)26-2)9-15(11)22-16(23)10-27-18(25)12-5-7-14(8-6-12)28-19(20)21/h3-9,19H,10H2,1-2H3,(H,22,23). The van der Waals surface area contributed by atoms with Gasteiger partial charge in [0, 0.05) is 5.69 Å². The van der Waals surface area contributed by atoms with Crippen LogP contribution in [-0.2, 0) is 14.3 Å². The van der Waals surface area contributed by atoms with Gasteiger partial charge in [0.15, 0.2) is 6.61 Å². The summed E-state index contributed by atoms with van der Waals surface area (Å²) in [5.74, 6) is -2.08. The Kier molecular flexibility index (Phi) is 7.02. The lowest BCUT2D eigenvalue weighted by molar-refractivity contribution is -0.119. The van der Waals surface area contributed by atoms with Crippen molar-refractivity contribution in [2.45, 2.75) is 13.5 Å². The van der Waals surface area contributed by atoms with Crippen LogP contribution in [0, 0.1) is 6.92 Å². The van der Waals surface area contributed by atoms with Crippen LogP contribution < -0.4 is 10.1 Å². The SMILES string of the molecule is COC(=O)c1ccc(C)c(NC(=O)COC(=O)c2ccc(OC(F)F)cc2)c1. The van der Waals surface area contributed by atoms with Crippen LogP contribution in [0.4, 0.5) is 14.5 Å². The lowest BCUT2D eigenvalue weighted by Gasteiger charge is -2.10. The first kappa shape index (κ1) is 20.8. The van der Waals surface area contributed by atoms with Gasteiger partial charge in [-0.15, -0.1) is 0 Å². The molecular weight excluding hydrogens is 376 g/mol. The van der Waals surface area contributed by atoms with Gasteiger partial charge in [0.1, 0.15) is 5.75 Å². The van der Waals surface area contributed by atoms with E-state index in [0.29, 0.717) is 11.3 Å². The zero-order valence-corrected chi connectivity index (χ0v) is 15.0. The summed E-state index contributed by atoms with van der Waals surface area (Å²) in [6.07, 6.45) is 0. The predicted octanol–water partition coefficient (Wildman–Crippen LogP) is 3.18. The van der Waals surface area contributed by atoms with E-state index in [2.05, 4.69) is 14.8 Å². The Hall–Kier alpha value is -3.49. The van der Waals surface area contributed by atoms with E-state index in [9.17, 15) is 23.2 Å². The number of nitrogens with one attached hydrogen (secondary N) is 1. The molecule has 0 heterocycles. The molecule has 0 aliphatic rings. The molecule has 0 radical (unpaired) electrons. The van der Waals surface area contributed by atoms with Gasteiger partial charge in [-0.05, 0) is 48.9 Å². The number of esters is 2. The number of carbonyl (C=O) groups is 3. The quantitative estimate of drug-likeness (QED) is 0.727. The molecule has 0 atom stereocenters. The monoisotopic (exact) mass is 393 g/mol. The number of benzene rings is 2. The number of methoxy groups -OCH3 is 1. The van der Waals surface area contributed by atoms with Gasteiger partial charge in [0.25, 0.3) is 5.91 Å². The molecule has 28 heavy (non-hydrogen) atoms. The number of amides is 1. The average molecular weight is 393 g/mol. The van der Waals surface area contributed by atoms with Gasteiger partial charge in [-0.25, -0.2) is 9.59 Å². The molecule has 0 aromatic heterocycles. The van der Waals surface area contributed by atoms with Gasteiger partial charge in [0.05, 0.1) is 18.2 Å². The summed E-state index contributed by atoms with van der Waals surface area (Å²) in [4.78, 5) is 35.5. The Morgan fingerprint density at radius 3 is 2.25 bits per heavy atom. The van der Waals surface area contributed by atoms with Crippen LogP contribution in [-0.4, -0.2) is 38.2 Å². The number of anilines is 1. The van der Waals surface area contributed by atoms with Gasteiger partial charge in [-0.2, -0.15) is 8.78 Å². The van der Waals surface area contributed by atoms with Crippen molar-refractivity contribution in [1.82, 2.24) is 0 Å². The van der Waals surface area contributed by atoms with Gasteiger partial charge >= 0.3 is 18.6 Å². The van der Waals surface area contributed by atoms with Crippen molar-refractivity contribution in [2.75, 3.05) is 19.0 Å². The van der Waals surface area contributed by atoms with Crippen molar-refractivity contribution in [1.29, 1.82) is 0 Å². The highest BCUT2D eigenvalue weighted by Crippen LogP contribution is 2.18. The second-order valence-electron chi connectivity index (χ2n) is 5.55. The fourth-order valence-corrected chi connectivity index (χ4v) is 2.17. The Morgan fingerprint density at radius 2 is 1.64 bits per heavy atom. The lowest BCUT2D eigenvalue weighted by atomic mass is 10.1. The summed E-state index contributed by atoms with van der Waals surface area (Å²) in [5, 5.41) is 2.54. The van der Waals surface area contributed by atoms with E-state index in [1.807, 2.05) is 0 Å². The number of hydrogen-bond donors (Lipinski definition) is 1. The first-order valence-electron chi connectivity index (χ1n) is 8.01. The maximum Gasteiger partial charge on any atom is 0.387 e. The first-order valence-corrected chi connectivity index (χ1v) is 8.01. The third-order valence-electron chi connectivity index (χ3n) is 3.58. The molecule has 2 aromatic carbocycles. The van der Waals surface area contributed by atoms with Crippen molar-refractivity contribution < 1.29 is 37.4 Å². The molecule has 0 aliphatic heterocycles. The van der Waals surface area contributed by atoms with Gasteiger partial charge < -0.3 is 19.5 Å². The molecule has 2 aromatic rings. The zero-order chi connectivity index (χ0) is 20.7. The molecule has 148 valence electrons. The van der Waals surface area contributed by atoms with Gasteiger partial charge in [-0.3, -0.25) is 4.79 Å². The average Bonchev–Trinajstić information content (AvgIpc) is 2.67. The normalized spacial score (nSPS) is 10.3. The maximum absolute atomic E-state index is 12.1. The Labute approximate surface area is 159 Å². The highest BCUT2D eigenvalue weighted by Gasteiger charge is 2.14. The van der Waals surface area contributed by atoms with E-state index in [1.54, 1.807) is 19.1 Å². The Balaban J connectivity index is 1.93. The van der Waals surface area contributed by atoms with Crippen LogP contribution in [0.5, 0.6) is 5.75 Å². The minimum absolute atomic E-state index is 0.0679. The molecule has 0 fully saturated rings. The molecule has 9 heteroatoms. The summed E-state index contributed by atoms with van der Waals surface area (Å²) in [6.45, 7) is -1.82. The highest BCUT2D eigenvalue weighted by atomic mass is 19.3. The molecule has 0 saturated heterocycles. The van der Waals surface area contributed by atoms with Crippen LogP contribution >= 0.6 is 0 Å². The second kappa shape index (κ2) is 9.45. The third-order valence-corrected chi connectivity index (χ3v) is 3.58. The number of aryl methyl sites for hydroxylation is 1. The number of rotatable bonds is 7. The maximum atomic E-state index is 12.1. The number of halogens is 2. The number of alkyl halides is 2. The van der Waals surface area contributed by atoms with Crippen LogP contribution in [0.25, 0.3) is 0 Å². The third kappa shape index (κ3) is 5.76. The van der Waals surface area contributed by atoms with Crippen molar-refractivity contribution >= 4 is 23.5 Å². The van der Waals surface area contributed by atoms with Crippen LogP contribution in [0.3, 0.4) is 0 Å². The molecule has 0 bridgehead atoms. The molecule has 0 spiro atoms. The van der Waals surface area contributed by atoms with E-state index < -0.39 is 31.1 Å². The summed E-state index contributed by atoms with van der Waals surface area (Å²) < 4.78 is 37.9. The minimum atomic E-state index is -2.97. The summed E-state index contributed by atoms with van der Waals surface area (Å²) >= 11 is 0. The van der Waals surface area contributed by atoms with Crippen molar-refractivity contribution in [2.24, 2.45) is 0 Å². The van der Waals surface area contributed by atoms with E-state index in [-0.39, 0.29) is 16.9 Å². The number of ether oxygens (including phenoxy) is 3. The molecule has 0 saturated carbocycles. The molecule has 1 amide bonds. The Bertz CT molecular complexity index is 867. The predicted molar refractivity (Wildman–Crippen MR) is 94.5 cm³/mol. The van der Waals surface area contributed by atoms with Crippen LogP contribution in [0.1, 0.15) is 26.3 Å².